The summed E-state index contributed by atoms with van der Waals surface area (Å²) in [6, 6.07) is 11.5. The number of nitrogens with one attached hydrogen (secondary N) is 1. The number of carbonyl (C=O) groups is 1. The molecule has 1 amide bonds. The van der Waals surface area contributed by atoms with Crippen molar-refractivity contribution in [2.24, 2.45) is 11.8 Å². The van der Waals surface area contributed by atoms with Gasteiger partial charge in [-0.1, -0.05) is 26.0 Å². The second-order valence-corrected chi connectivity index (χ2v) is 8.39. The number of hydrogen-bond donors (Lipinski definition) is 1. The van der Waals surface area contributed by atoms with E-state index in [9.17, 15) is 4.79 Å². The lowest BCUT2D eigenvalue weighted by atomic mass is 9.92. The molecule has 1 aliphatic rings. The topological polar surface area (TPSA) is 41.6 Å². The van der Waals surface area contributed by atoms with Crippen LogP contribution < -0.4 is 10.1 Å². The third-order valence-corrected chi connectivity index (χ3v) is 5.57. The summed E-state index contributed by atoms with van der Waals surface area (Å²) < 4.78 is 5.79. The smallest absolute Gasteiger partial charge is 0.251 e. The second-order valence-electron chi connectivity index (χ2n) is 7.36. The number of hydrogen-bond acceptors (Lipinski definition) is 4. The van der Waals surface area contributed by atoms with Gasteiger partial charge in [0.2, 0.25) is 0 Å². The molecule has 1 aliphatic heterocycles. The molecule has 1 aromatic carbocycles. The molecule has 0 saturated carbocycles. The standard InChI is InChI=1S/C21H28N2O2S/c1-16-11-17(2)14-23(13-16)9-8-22-21(24)18-5-3-6-19(12-18)25-15-20-7-4-10-26-20/h3-7,10,12,16-17H,8-9,11,13-15H2,1-2H3,(H,22,24). The van der Waals surface area contributed by atoms with Crippen LogP contribution in [0, 0.1) is 11.8 Å². The third-order valence-electron chi connectivity index (χ3n) is 4.72. The molecule has 3 rings (SSSR count). The summed E-state index contributed by atoms with van der Waals surface area (Å²) in [7, 11) is 0. The van der Waals surface area contributed by atoms with Crippen LogP contribution >= 0.6 is 11.3 Å². The van der Waals surface area contributed by atoms with E-state index in [1.165, 1.54) is 11.3 Å². The predicted molar refractivity (Wildman–Crippen MR) is 107 cm³/mol. The van der Waals surface area contributed by atoms with Crippen LogP contribution in [0.3, 0.4) is 0 Å². The number of rotatable bonds is 7. The van der Waals surface area contributed by atoms with E-state index in [-0.39, 0.29) is 5.91 Å². The minimum atomic E-state index is -0.0373. The third kappa shape index (κ3) is 5.58. The first-order chi connectivity index (χ1) is 12.6. The first-order valence-corrected chi connectivity index (χ1v) is 10.2. The van der Waals surface area contributed by atoms with Gasteiger partial charge in [0.05, 0.1) is 0 Å². The van der Waals surface area contributed by atoms with Crippen molar-refractivity contribution in [3.8, 4) is 5.75 Å². The Morgan fingerprint density at radius 2 is 2.04 bits per heavy atom. The number of piperidine rings is 1. The van der Waals surface area contributed by atoms with Crippen LogP contribution in [0.5, 0.6) is 5.75 Å². The molecule has 2 unspecified atom stereocenters. The van der Waals surface area contributed by atoms with Gasteiger partial charge in [0.1, 0.15) is 12.4 Å². The van der Waals surface area contributed by atoms with Crippen molar-refractivity contribution in [1.29, 1.82) is 0 Å². The van der Waals surface area contributed by atoms with Gasteiger partial charge in [0.25, 0.3) is 5.91 Å². The maximum Gasteiger partial charge on any atom is 0.251 e. The largest absolute Gasteiger partial charge is 0.488 e. The fourth-order valence-electron chi connectivity index (χ4n) is 3.68. The molecule has 1 fully saturated rings. The van der Waals surface area contributed by atoms with Crippen molar-refractivity contribution in [2.45, 2.75) is 26.9 Å². The predicted octanol–water partition coefficient (Wildman–Crippen LogP) is 4.03. The van der Waals surface area contributed by atoms with Crippen molar-refractivity contribution in [1.82, 2.24) is 10.2 Å². The SMILES string of the molecule is CC1CC(C)CN(CCNC(=O)c2cccc(OCc3cccs3)c2)C1. The number of nitrogens with zero attached hydrogens (tertiary/aromatic N) is 1. The molecule has 0 radical (unpaired) electrons. The van der Waals surface area contributed by atoms with E-state index >= 15 is 0 Å². The number of amides is 1. The first-order valence-electron chi connectivity index (χ1n) is 9.36. The normalized spacial score (nSPS) is 20.7. The van der Waals surface area contributed by atoms with Gasteiger partial charge >= 0.3 is 0 Å². The Kier molecular flexibility index (Phi) is 6.69. The van der Waals surface area contributed by atoms with Gasteiger partial charge in [-0.05, 0) is 47.9 Å². The molecule has 1 N–H and O–H groups in total. The summed E-state index contributed by atoms with van der Waals surface area (Å²) in [5, 5.41) is 5.07. The van der Waals surface area contributed by atoms with Gasteiger partial charge in [0, 0.05) is 36.6 Å². The van der Waals surface area contributed by atoms with Gasteiger partial charge in [-0.15, -0.1) is 11.3 Å². The van der Waals surface area contributed by atoms with Crippen LogP contribution in [0.4, 0.5) is 0 Å². The molecular formula is C21H28N2O2S. The summed E-state index contributed by atoms with van der Waals surface area (Å²) in [6.45, 7) is 9.01. The fourth-order valence-corrected chi connectivity index (χ4v) is 4.30. The zero-order valence-corrected chi connectivity index (χ0v) is 16.4. The van der Waals surface area contributed by atoms with E-state index in [2.05, 4.69) is 24.1 Å². The molecule has 2 aromatic rings. The summed E-state index contributed by atoms with van der Waals surface area (Å²) >= 11 is 1.67. The quantitative estimate of drug-likeness (QED) is 0.798. The van der Waals surface area contributed by atoms with Crippen LogP contribution in [-0.2, 0) is 6.61 Å². The molecule has 0 aliphatic carbocycles. The fraction of sp³-hybridized carbons (Fsp3) is 0.476. The molecule has 2 heterocycles. The summed E-state index contributed by atoms with van der Waals surface area (Å²) in [5.41, 5.74) is 0.647. The Bertz CT molecular complexity index is 692. The van der Waals surface area contributed by atoms with Crippen molar-refractivity contribution >= 4 is 17.2 Å². The highest BCUT2D eigenvalue weighted by Gasteiger charge is 2.21. The maximum absolute atomic E-state index is 12.4. The molecule has 5 heteroatoms. The summed E-state index contributed by atoms with van der Waals surface area (Å²) in [4.78, 5) is 16.0. The lowest BCUT2D eigenvalue weighted by Crippen LogP contribution is -2.42. The molecule has 1 saturated heterocycles. The average molecular weight is 373 g/mol. The number of thiophene rings is 1. The van der Waals surface area contributed by atoms with Gasteiger partial charge in [-0.25, -0.2) is 0 Å². The van der Waals surface area contributed by atoms with Crippen LogP contribution in [0.15, 0.2) is 41.8 Å². The molecule has 140 valence electrons. The Morgan fingerprint density at radius 1 is 1.23 bits per heavy atom. The highest BCUT2D eigenvalue weighted by molar-refractivity contribution is 7.09. The number of ether oxygens (including phenoxy) is 1. The summed E-state index contributed by atoms with van der Waals surface area (Å²) in [5.74, 6) is 2.17. The van der Waals surface area contributed by atoms with E-state index < -0.39 is 0 Å². The Morgan fingerprint density at radius 3 is 2.77 bits per heavy atom. The lowest BCUT2D eigenvalue weighted by molar-refractivity contribution is 0.0936. The Labute approximate surface area is 160 Å². The lowest BCUT2D eigenvalue weighted by Gasteiger charge is -2.34. The van der Waals surface area contributed by atoms with E-state index in [1.807, 2.05) is 41.8 Å². The molecular weight excluding hydrogens is 344 g/mol. The van der Waals surface area contributed by atoms with Crippen molar-refractivity contribution in [3.05, 3.63) is 52.2 Å². The van der Waals surface area contributed by atoms with Crippen molar-refractivity contribution < 1.29 is 9.53 Å². The number of likely N-dealkylation sites (tertiary alicyclic amines) is 1. The van der Waals surface area contributed by atoms with E-state index in [0.717, 1.165) is 37.2 Å². The maximum atomic E-state index is 12.4. The van der Waals surface area contributed by atoms with E-state index in [0.29, 0.717) is 18.7 Å². The molecule has 0 bridgehead atoms. The number of carbonyl (C=O) groups excluding carboxylic acids is 1. The second kappa shape index (κ2) is 9.19. The van der Waals surface area contributed by atoms with Gasteiger partial charge in [-0.2, -0.15) is 0 Å². The van der Waals surface area contributed by atoms with Crippen LogP contribution in [0.25, 0.3) is 0 Å². The minimum absolute atomic E-state index is 0.0373. The van der Waals surface area contributed by atoms with Crippen LogP contribution in [-0.4, -0.2) is 37.0 Å². The van der Waals surface area contributed by atoms with E-state index in [1.54, 1.807) is 11.3 Å². The monoisotopic (exact) mass is 372 g/mol. The molecule has 0 spiro atoms. The van der Waals surface area contributed by atoms with E-state index in [4.69, 9.17) is 4.74 Å². The molecule has 4 nitrogen and oxygen atoms in total. The average Bonchev–Trinajstić information content (AvgIpc) is 3.13. The van der Waals surface area contributed by atoms with Gasteiger partial charge < -0.3 is 15.0 Å². The number of benzene rings is 1. The minimum Gasteiger partial charge on any atom is -0.488 e. The van der Waals surface area contributed by atoms with Crippen molar-refractivity contribution in [3.63, 3.8) is 0 Å². The van der Waals surface area contributed by atoms with Crippen LogP contribution in [0.1, 0.15) is 35.5 Å². The Balaban J connectivity index is 1.46. The molecule has 1 aromatic heterocycles. The zero-order chi connectivity index (χ0) is 18.4. The Hall–Kier alpha value is -1.85. The van der Waals surface area contributed by atoms with Gasteiger partial charge in [0.15, 0.2) is 0 Å². The molecule has 26 heavy (non-hydrogen) atoms. The summed E-state index contributed by atoms with van der Waals surface area (Å²) in [6.07, 6.45) is 1.31. The zero-order valence-electron chi connectivity index (χ0n) is 15.6. The highest BCUT2D eigenvalue weighted by atomic mass is 32.1. The van der Waals surface area contributed by atoms with Gasteiger partial charge in [-0.3, -0.25) is 4.79 Å². The van der Waals surface area contributed by atoms with Crippen LogP contribution in [0.2, 0.25) is 0 Å². The highest BCUT2D eigenvalue weighted by Crippen LogP contribution is 2.20. The first kappa shape index (κ1) is 18.9. The van der Waals surface area contributed by atoms with Crippen molar-refractivity contribution in [2.75, 3.05) is 26.2 Å². The molecule has 2 atom stereocenters.